The van der Waals surface area contributed by atoms with E-state index in [1.807, 2.05) is 54.6 Å². The van der Waals surface area contributed by atoms with Gasteiger partial charge in [0.1, 0.15) is 5.82 Å². The van der Waals surface area contributed by atoms with E-state index in [1.165, 1.54) is 0 Å². The standard InChI is InChI=1S/C21H21ClN4O2/c1-28-14-13-18(15-7-9-16(22)10-8-15)24-20-12-11-19(25-26-20)21(27)23-17-5-3-2-4-6-17/h2-12,18H,13-14H2,1H3,(H,23,27)(H,24,26). The smallest absolute Gasteiger partial charge is 0.276 e. The molecule has 0 radical (unpaired) electrons. The van der Waals surface area contributed by atoms with E-state index < -0.39 is 0 Å². The van der Waals surface area contributed by atoms with Crippen LogP contribution in [0, 0.1) is 0 Å². The van der Waals surface area contributed by atoms with Crippen molar-refractivity contribution in [1.82, 2.24) is 10.2 Å². The van der Waals surface area contributed by atoms with Crippen molar-refractivity contribution in [1.29, 1.82) is 0 Å². The molecule has 7 heteroatoms. The van der Waals surface area contributed by atoms with Crippen LogP contribution in [0.3, 0.4) is 0 Å². The number of carbonyl (C=O) groups is 1. The molecule has 3 aromatic rings. The average Bonchev–Trinajstić information content (AvgIpc) is 2.73. The van der Waals surface area contributed by atoms with Gasteiger partial charge in [0.25, 0.3) is 5.91 Å². The molecule has 0 aliphatic rings. The van der Waals surface area contributed by atoms with Gasteiger partial charge in [-0.05, 0) is 48.4 Å². The second kappa shape index (κ2) is 9.82. The van der Waals surface area contributed by atoms with Gasteiger partial charge in [-0.3, -0.25) is 4.79 Å². The highest BCUT2D eigenvalue weighted by Crippen LogP contribution is 2.23. The second-order valence-electron chi connectivity index (χ2n) is 6.15. The molecule has 0 bridgehead atoms. The molecule has 28 heavy (non-hydrogen) atoms. The van der Waals surface area contributed by atoms with E-state index in [9.17, 15) is 4.79 Å². The largest absolute Gasteiger partial charge is 0.385 e. The van der Waals surface area contributed by atoms with Crippen LogP contribution >= 0.6 is 11.6 Å². The summed E-state index contributed by atoms with van der Waals surface area (Å²) in [7, 11) is 1.67. The van der Waals surface area contributed by atoms with Crippen LogP contribution in [0.1, 0.15) is 28.5 Å². The van der Waals surface area contributed by atoms with E-state index >= 15 is 0 Å². The fraction of sp³-hybridized carbons (Fsp3) is 0.190. The molecule has 2 N–H and O–H groups in total. The van der Waals surface area contributed by atoms with Crippen molar-refractivity contribution in [2.24, 2.45) is 0 Å². The molecule has 1 atom stereocenters. The number of benzene rings is 2. The van der Waals surface area contributed by atoms with Crippen LogP contribution < -0.4 is 10.6 Å². The monoisotopic (exact) mass is 396 g/mol. The normalized spacial score (nSPS) is 11.6. The number of nitrogens with zero attached hydrogens (tertiary/aromatic N) is 2. The Morgan fingerprint density at radius 1 is 1.04 bits per heavy atom. The molecule has 2 aromatic carbocycles. The Balaban J connectivity index is 1.68. The maximum atomic E-state index is 12.3. The molecule has 1 aromatic heterocycles. The number of ether oxygens (including phenoxy) is 1. The van der Waals surface area contributed by atoms with Gasteiger partial charge in [-0.1, -0.05) is 41.9 Å². The van der Waals surface area contributed by atoms with E-state index in [4.69, 9.17) is 16.3 Å². The summed E-state index contributed by atoms with van der Waals surface area (Å²) in [5, 5.41) is 15.0. The summed E-state index contributed by atoms with van der Waals surface area (Å²) in [6, 6.07) is 20.2. The predicted molar refractivity (Wildman–Crippen MR) is 111 cm³/mol. The summed E-state index contributed by atoms with van der Waals surface area (Å²) in [6.07, 6.45) is 0.746. The minimum absolute atomic E-state index is 0.0180. The van der Waals surface area contributed by atoms with Crippen LogP contribution in [-0.4, -0.2) is 29.8 Å². The number of para-hydroxylation sites is 1. The molecule has 0 aliphatic heterocycles. The SMILES string of the molecule is COCCC(Nc1ccc(C(=O)Nc2ccccc2)nn1)c1ccc(Cl)cc1. The van der Waals surface area contributed by atoms with Gasteiger partial charge in [0.15, 0.2) is 5.69 Å². The number of aromatic nitrogens is 2. The number of anilines is 2. The van der Waals surface area contributed by atoms with Gasteiger partial charge < -0.3 is 15.4 Å². The maximum absolute atomic E-state index is 12.3. The zero-order valence-electron chi connectivity index (χ0n) is 15.4. The Kier molecular flexibility index (Phi) is 6.94. The Hall–Kier alpha value is -2.96. The molecule has 0 saturated carbocycles. The highest BCUT2D eigenvalue weighted by molar-refractivity contribution is 6.30. The third-order valence-corrected chi connectivity index (χ3v) is 4.39. The Morgan fingerprint density at radius 3 is 2.43 bits per heavy atom. The molecule has 6 nitrogen and oxygen atoms in total. The summed E-state index contributed by atoms with van der Waals surface area (Å²) >= 11 is 5.98. The maximum Gasteiger partial charge on any atom is 0.276 e. The zero-order chi connectivity index (χ0) is 19.8. The van der Waals surface area contributed by atoms with Crippen molar-refractivity contribution in [2.75, 3.05) is 24.4 Å². The summed E-state index contributed by atoms with van der Waals surface area (Å²) in [4.78, 5) is 12.3. The summed E-state index contributed by atoms with van der Waals surface area (Å²) < 4.78 is 5.21. The van der Waals surface area contributed by atoms with E-state index in [2.05, 4.69) is 20.8 Å². The molecule has 0 spiro atoms. The number of hydrogen-bond donors (Lipinski definition) is 2. The molecule has 1 heterocycles. The van der Waals surface area contributed by atoms with Gasteiger partial charge in [-0.15, -0.1) is 10.2 Å². The molecular weight excluding hydrogens is 376 g/mol. The number of amides is 1. The van der Waals surface area contributed by atoms with Crippen LogP contribution in [-0.2, 0) is 4.74 Å². The lowest BCUT2D eigenvalue weighted by atomic mass is 10.0. The average molecular weight is 397 g/mol. The van der Waals surface area contributed by atoms with Crippen LogP contribution in [0.25, 0.3) is 0 Å². The third kappa shape index (κ3) is 5.52. The van der Waals surface area contributed by atoms with Gasteiger partial charge in [-0.2, -0.15) is 0 Å². The fourth-order valence-electron chi connectivity index (χ4n) is 2.68. The minimum Gasteiger partial charge on any atom is -0.385 e. The number of halogens is 1. The molecule has 144 valence electrons. The molecule has 0 aliphatic carbocycles. The van der Waals surface area contributed by atoms with Gasteiger partial charge in [0.2, 0.25) is 0 Å². The van der Waals surface area contributed by atoms with Crippen LogP contribution in [0.4, 0.5) is 11.5 Å². The number of rotatable bonds is 8. The van der Waals surface area contributed by atoms with Crippen molar-refractivity contribution in [2.45, 2.75) is 12.5 Å². The lowest BCUT2D eigenvalue weighted by Crippen LogP contribution is -2.17. The predicted octanol–water partition coefficient (Wildman–Crippen LogP) is 4.57. The number of nitrogens with one attached hydrogen (secondary N) is 2. The van der Waals surface area contributed by atoms with Crippen LogP contribution in [0.2, 0.25) is 5.02 Å². The first-order valence-corrected chi connectivity index (χ1v) is 9.24. The van der Waals surface area contributed by atoms with Crippen LogP contribution in [0.5, 0.6) is 0 Å². The zero-order valence-corrected chi connectivity index (χ0v) is 16.2. The van der Waals surface area contributed by atoms with E-state index in [0.29, 0.717) is 23.1 Å². The van der Waals surface area contributed by atoms with Gasteiger partial charge >= 0.3 is 0 Å². The second-order valence-corrected chi connectivity index (χ2v) is 6.59. The van der Waals surface area contributed by atoms with Crippen molar-refractivity contribution in [3.05, 3.63) is 83.0 Å². The number of hydrogen-bond acceptors (Lipinski definition) is 5. The lowest BCUT2D eigenvalue weighted by Gasteiger charge is -2.19. The fourth-order valence-corrected chi connectivity index (χ4v) is 2.80. The lowest BCUT2D eigenvalue weighted by molar-refractivity contribution is 0.102. The van der Waals surface area contributed by atoms with Crippen molar-refractivity contribution in [3.63, 3.8) is 0 Å². The van der Waals surface area contributed by atoms with Gasteiger partial charge in [0.05, 0.1) is 6.04 Å². The molecule has 0 saturated heterocycles. The van der Waals surface area contributed by atoms with Crippen molar-refractivity contribution < 1.29 is 9.53 Å². The Morgan fingerprint density at radius 2 is 1.79 bits per heavy atom. The molecular formula is C21H21ClN4O2. The van der Waals surface area contributed by atoms with Crippen LogP contribution in [0.15, 0.2) is 66.7 Å². The Labute approximate surface area is 168 Å². The molecule has 0 fully saturated rings. The highest BCUT2D eigenvalue weighted by Gasteiger charge is 2.14. The van der Waals surface area contributed by atoms with E-state index in [1.54, 1.807) is 19.2 Å². The summed E-state index contributed by atoms with van der Waals surface area (Å²) in [5.74, 6) is 0.270. The molecule has 1 amide bonds. The van der Waals surface area contributed by atoms with E-state index in [-0.39, 0.29) is 17.6 Å². The van der Waals surface area contributed by atoms with Gasteiger partial charge in [0, 0.05) is 24.4 Å². The third-order valence-electron chi connectivity index (χ3n) is 4.13. The highest BCUT2D eigenvalue weighted by atomic mass is 35.5. The molecule has 1 unspecified atom stereocenters. The van der Waals surface area contributed by atoms with Crippen molar-refractivity contribution in [3.8, 4) is 0 Å². The van der Waals surface area contributed by atoms with Gasteiger partial charge in [-0.25, -0.2) is 0 Å². The first kappa shape index (κ1) is 19.8. The molecule has 3 rings (SSSR count). The number of carbonyl (C=O) groups excluding carboxylic acids is 1. The summed E-state index contributed by atoms with van der Waals surface area (Å²) in [6.45, 7) is 0.589. The summed E-state index contributed by atoms with van der Waals surface area (Å²) in [5.41, 5.74) is 2.02. The first-order chi connectivity index (χ1) is 13.7. The Bertz CT molecular complexity index is 887. The number of methoxy groups -OCH3 is 1. The minimum atomic E-state index is -0.307. The quantitative estimate of drug-likeness (QED) is 0.583. The first-order valence-electron chi connectivity index (χ1n) is 8.87. The van der Waals surface area contributed by atoms with Crippen molar-refractivity contribution >= 4 is 29.0 Å². The topological polar surface area (TPSA) is 76.1 Å². The van der Waals surface area contributed by atoms with E-state index in [0.717, 1.165) is 12.0 Å².